The quantitative estimate of drug-likeness (QED) is 0.531. The Morgan fingerprint density at radius 1 is 0.667 bits per heavy atom. The smallest absolute Gasteiger partial charge is 0.287 e. The van der Waals surface area contributed by atoms with Gasteiger partial charge in [0, 0.05) is 13.1 Å². The number of carbonyl (C=O) groups is 2. The van der Waals surface area contributed by atoms with Crippen LogP contribution in [0.25, 0.3) is 0 Å². The third-order valence-corrected chi connectivity index (χ3v) is 6.50. The lowest BCUT2D eigenvalue weighted by Crippen LogP contribution is -2.32. The van der Waals surface area contributed by atoms with Crippen molar-refractivity contribution in [3.8, 4) is 0 Å². The number of hydrogen-bond donors (Lipinski definition) is 0. The molecule has 30 heavy (non-hydrogen) atoms. The van der Waals surface area contributed by atoms with Crippen molar-refractivity contribution in [2.24, 2.45) is 9.98 Å². The number of para-hydroxylation sites is 2. The molecule has 2 aromatic rings. The third-order valence-electron chi connectivity index (χ3n) is 4.76. The summed E-state index contributed by atoms with van der Waals surface area (Å²) in [6, 6.07) is 19.4. The highest BCUT2D eigenvalue weighted by Gasteiger charge is 2.29. The molecule has 2 aliphatic rings. The van der Waals surface area contributed by atoms with E-state index in [0.717, 1.165) is 35.9 Å². The first-order valence-corrected chi connectivity index (χ1v) is 11.8. The highest BCUT2D eigenvalue weighted by molar-refractivity contribution is 8.15. The van der Waals surface area contributed by atoms with E-state index >= 15 is 0 Å². The average molecular weight is 439 g/mol. The van der Waals surface area contributed by atoms with E-state index in [4.69, 9.17) is 0 Å². The second-order valence-electron chi connectivity index (χ2n) is 6.85. The normalized spacial score (nSPS) is 19.5. The Morgan fingerprint density at radius 2 is 1.07 bits per heavy atom. The van der Waals surface area contributed by atoms with Gasteiger partial charge in [0.1, 0.15) is 11.7 Å². The van der Waals surface area contributed by atoms with Gasteiger partial charge in [0.05, 0.1) is 22.9 Å². The number of amides is 2. The zero-order chi connectivity index (χ0) is 20.8. The monoisotopic (exact) mass is 438 g/mol. The summed E-state index contributed by atoms with van der Waals surface area (Å²) in [4.78, 5) is 37.3. The molecule has 2 heterocycles. The molecule has 0 atom stereocenters. The molecule has 2 fully saturated rings. The molecule has 0 aromatic heterocycles. The van der Waals surface area contributed by atoms with E-state index in [9.17, 15) is 9.59 Å². The van der Waals surface area contributed by atoms with Gasteiger partial charge in [0.25, 0.3) is 10.5 Å². The zero-order valence-corrected chi connectivity index (χ0v) is 18.1. The van der Waals surface area contributed by atoms with Crippen molar-refractivity contribution < 1.29 is 9.59 Å². The molecular weight excluding hydrogens is 416 g/mol. The maximum Gasteiger partial charge on any atom is 0.287 e. The number of thioether (sulfide) groups is 2. The number of aliphatic imine (C=N–C) groups is 2. The van der Waals surface area contributed by atoms with Crippen molar-refractivity contribution in [2.45, 2.75) is 12.8 Å². The predicted octanol–water partition coefficient (Wildman–Crippen LogP) is 5.56. The lowest BCUT2D eigenvalue weighted by atomic mass is 10.2. The van der Waals surface area contributed by atoms with Crippen molar-refractivity contribution >= 4 is 57.0 Å². The van der Waals surface area contributed by atoms with Gasteiger partial charge in [0.15, 0.2) is 0 Å². The highest BCUT2D eigenvalue weighted by Crippen LogP contribution is 2.25. The molecule has 8 heteroatoms. The van der Waals surface area contributed by atoms with Crippen molar-refractivity contribution in [2.75, 3.05) is 24.6 Å². The first kappa shape index (κ1) is 20.7. The fourth-order valence-corrected chi connectivity index (χ4v) is 4.89. The lowest BCUT2D eigenvalue weighted by molar-refractivity contribution is 0.240. The molecule has 0 radical (unpaired) electrons. The molecule has 0 saturated carbocycles. The van der Waals surface area contributed by atoms with Gasteiger partial charge < -0.3 is 0 Å². The van der Waals surface area contributed by atoms with Gasteiger partial charge in [0.2, 0.25) is 0 Å². The van der Waals surface area contributed by atoms with Crippen molar-refractivity contribution in [3.63, 3.8) is 0 Å². The first-order chi connectivity index (χ1) is 14.7. The largest absolute Gasteiger partial charge is 0.290 e. The number of rotatable bonds is 7. The van der Waals surface area contributed by atoms with E-state index in [1.165, 1.54) is 23.5 Å². The van der Waals surface area contributed by atoms with E-state index in [0.29, 0.717) is 24.6 Å². The van der Waals surface area contributed by atoms with E-state index in [1.807, 2.05) is 60.7 Å². The summed E-state index contributed by atoms with van der Waals surface area (Å²) in [7, 11) is 0. The van der Waals surface area contributed by atoms with Gasteiger partial charge in [-0.15, -0.1) is 0 Å². The van der Waals surface area contributed by atoms with E-state index < -0.39 is 0 Å². The molecule has 2 amide bonds. The zero-order valence-electron chi connectivity index (χ0n) is 16.4. The molecule has 0 spiro atoms. The van der Waals surface area contributed by atoms with Crippen LogP contribution < -0.4 is 0 Å². The van der Waals surface area contributed by atoms with E-state index in [-0.39, 0.29) is 10.5 Å². The molecule has 154 valence electrons. The van der Waals surface area contributed by atoms with E-state index in [2.05, 4.69) is 9.98 Å². The Balaban J connectivity index is 1.33. The van der Waals surface area contributed by atoms with Crippen LogP contribution in [0.3, 0.4) is 0 Å². The standard InChI is InChI=1S/C22H22N4O2S2/c27-21-25(19(15-29-21)23-17-9-3-1-4-10-17)13-7-8-14-26-20(16-30-22(26)28)24-18-11-5-2-6-12-18/h1-6,9-12H,7-8,13-16H2. The molecule has 0 bridgehead atoms. The maximum absolute atomic E-state index is 12.3. The van der Waals surface area contributed by atoms with Gasteiger partial charge >= 0.3 is 0 Å². The Labute approximate surface area is 184 Å². The second kappa shape index (κ2) is 9.95. The molecular formula is C22H22N4O2S2. The fourth-order valence-electron chi connectivity index (χ4n) is 3.24. The molecule has 0 unspecified atom stereocenters. The lowest BCUT2D eigenvalue weighted by Gasteiger charge is -2.18. The first-order valence-electron chi connectivity index (χ1n) is 9.84. The summed E-state index contributed by atoms with van der Waals surface area (Å²) in [5.41, 5.74) is 1.71. The summed E-state index contributed by atoms with van der Waals surface area (Å²) < 4.78 is 0. The van der Waals surface area contributed by atoms with Crippen LogP contribution in [-0.2, 0) is 0 Å². The third kappa shape index (κ3) is 5.12. The molecule has 2 aromatic carbocycles. The van der Waals surface area contributed by atoms with Gasteiger partial charge in [-0.2, -0.15) is 0 Å². The summed E-state index contributed by atoms with van der Waals surface area (Å²) in [6.07, 6.45) is 1.60. The summed E-state index contributed by atoms with van der Waals surface area (Å²) in [6.45, 7) is 1.22. The number of carbonyl (C=O) groups excluding carboxylic acids is 2. The highest BCUT2D eigenvalue weighted by atomic mass is 32.2. The minimum Gasteiger partial charge on any atom is -0.290 e. The molecule has 0 N–H and O–H groups in total. The predicted molar refractivity (Wildman–Crippen MR) is 125 cm³/mol. The maximum atomic E-state index is 12.3. The molecule has 4 rings (SSSR count). The Morgan fingerprint density at radius 3 is 1.47 bits per heavy atom. The van der Waals surface area contributed by atoms with Crippen molar-refractivity contribution in [1.82, 2.24) is 9.80 Å². The van der Waals surface area contributed by atoms with Crippen LogP contribution in [-0.4, -0.2) is 56.5 Å². The molecule has 2 saturated heterocycles. The Hall–Kier alpha value is -2.58. The van der Waals surface area contributed by atoms with Crippen LogP contribution in [0.15, 0.2) is 70.6 Å². The van der Waals surface area contributed by atoms with E-state index in [1.54, 1.807) is 9.80 Å². The second-order valence-corrected chi connectivity index (χ2v) is 8.70. The summed E-state index contributed by atoms with van der Waals surface area (Å²) >= 11 is 2.57. The fraction of sp³-hybridized carbons (Fsp3) is 0.273. The SMILES string of the molecule is O=C1SCC(=Nc2ccccc2)N1CCCCN1C(=O)SCC1=Nc1ccccc1. The molecule has 2 aliphatic heterocycles. The minimum atomic E-state index is 0.0452. The van der Waals surface area contributed by atoms with Crippen LogP contribution in [0.5, 0.6) is 0 Å². The van der Waals surface area contributed by atoms with Gasteiger partial charge in [-0.25, -0.2) is 9.98 Å². The molecule has 6 nitrogen and oxygen atoms in total. The van der Waals surface area contributed by atoms with Crippen LogP contribution in [0, 0.1) is 0 Å². The number of amidine groups is 2. The summed E-state index contributed by atoms with van der Waals surface area (Å²) in [5, 5.41) is 0.0904. The Kier molecular flexibility index (Phi) is 6.86. The topological polar surface area (TPSA) is 65.3 Å². The Bertz CT molecular complexity index is 884. The van der Waals surface area contributed by atoms with Crippen molar-refractivity contribution in [1.29, 1.82) is 0 Å². The van der Waals surface area contributed by atoms with Gasteiger partial charge in [-0.1, -0.05) is 59.9 Å². The van der Waals surface area contributed by atoms with Gasteiger partial charge in [-0.3, -0.25) is 19.4 Å². The number of unbranched alkanes of at least 4 members (excludes halogenated alkanes) is 1. The number of benzene rings is 2. The van der Waals surface area contributed by atoms with Crippen LogP contribution >= 0.6 is 23.5 Å². The summed E-state index contributed by atoms with van der Waals surface area (Å²) in [5.74, 6) is 2.80. The van der Waals surface area contributed by atoms with Crippen LogP contribution in [0.1, 0.15) is 12.8 Å². The number of hydrogen-bond acceptors (Lipinski definition) is 6. The van der Waals surface area contributed by atoms with Crippen molar-refractivity contribution in [3.05, 3.63) is 60.7 Å². The van der Waals surface area contributed by atoms with Gasteiger partial charge in [-0.05, 0) is 37.1 Å². The number of nitrogens with zero attached hydrogens (tertiary/aromatic N) is 4. The van der Waals surface area contributed by atoms with Crippen LogP contribution in [0.2, 0.25) is 0 Å². The van der Waals surface area contributed by atoms with Crippen LogP contribution in [0.4, 0.5) is 21.0 Å². The average Bonchev–Trinajstić information content (AvgIpc) is 3.29. The molecule has 0 aliphatic carbocycles. The minimum absolute atomic E-state index is 0.0452.